The Balaban J connectivity index is 1.41. The second kappa shape index (κ2) is 9.61. The summed E-state index contributed by atoms with van der Waals surface area (Å²) in [4.78, 5) is 19.2. The molecule has 2 atom stereocenters. The number of rotatable bonds is 4. The molecular formula is C26H34N4O3. The molecule has 0 bridgehead atoms. The molecule has 0 aliphatic carbocycles. The van der Waals surface area contributed by atoms with Crippen LogP contribution < -0.4 is 20.0 Å². The molecule has 3 aliphatic rings. The topological polar surface area (TPSA) is 57.3 Å². The lowest BCUT2D eigenvalue weighted by atomic mass is 9.90. The van der Waals surface area contributed by atoms with Crippen LogP contribution in [0.1, 0.15) is 31.9 Å². The van der Waals surface area contributed by atoms with Crippen LogP contribution in [-0.2, 0) is 14.3 Å². The van der Waals surface area contributed by atoms with Crippen LogP contribution in [0.2, 0.25) is 0 Å². The number of hydrogen-bond acceptors (Lipinski definition) is 6. The van der Waals surface area contributed by atoms with Gasteiger partial charge in [0.05, 0.1) is 32.5 Å². The van der Waals surface area contributed by atoms with Crippen molar-refractivity contribution >= 4 is 28.7 Å². The van der Waals surface area contributed by atoms with Gasteiger partial charge in [-0.3, -0.25) is 4.79 Å². The fraction of sp³-hybridized carbons (Fsp3) is 0.500. The highest BCUT2D eigenvalue weighted by atomic mass is 16.5. The minimum atomic E-state index is 0.0937. The first-order valence-corrected chi connectivity index (χ1v) is 12.1. The van der Waals surface area contributed by atoms with Crippen molar-refractivity contribution in [1.82, 2.24) is 0 Å². The van der Waals surface area contributed by atoms with Gasteiger partial charge in [-0.05, 0) is 55.8 Å². The molecule has 1 N–H and O–H groups in total. The number of benzene rings is 2. The quantitative estimate of drug-likeness (QED) is 0.767. The number of anilines is 4. The number of fused-ring (bicyclic) bond motifs is 1. The predicted molar refractivity (Wildman–Crippen MR) is 133 cm³/mol. The first-order valence-electron chi connectivity index (χ1n) is 12.1. The zero-order valence-electron chi connectivity index (χ0n) is 19.6. The van der Waals surface area contributed by atoms with Crippen LogP contribution in [0.15, 0.2) is 42.5 Å². The summed E-state index contributed by atoms with van der Waals surface area (Å²) in [5.74, 6) is 0.0937. The summed E-state index contributed by atoms with van der Waals surface area (Å²) in [6.45, 7) is 10.5. The van der Waals surface area contributed by atoms with Crippen LogP contribution in [0.5, 0.6) is 0 Å². The maximum atomic E-state index is 12.5. The Kier molecular flexibility index (Phi) is 6.42. The molecule has 33 heavy (non-hydrogen) atoms. The summed E-state index contributed by atoms with van der Waals surface area (Å²) in [5, 5.41) is 3.76. The summed E-state index contributed by atoms with van der Waals surface area (Å²) in [6.07, 6.45) is 0.865. The Morgan fingerprint density at radius 1 is 0.879 bits per heavy atom. The molecule has 3 heterocycles. The van der Waals surface area contributed by atoms with E-state index < -0.39 is 0 Å². The van der Waals surface area contributed by atoms with Gasteiger partial charge in [0.1, 0.15) is 0 Å². The zero-order valence-corrected chi connectivity index (χ0v) is 19.6. The summed E-state index contributed by atoms with van der Waals surface area (Å²) >= 11 is 0. The van der Waals surface area contributed by atoms with E-state index in [1.165, 1.54) is 16.9 Å². The van der Waals surface area contributed by atoms with Crippen LogP contribution in [-0.4, -0.2) is 64.6 Å². The number of nitrogens with zero attached hydrogens (tertiary/aromatic N) is 3. The third-order valence-corrected chi connectivity index (χ3v) is 6.96. The molecular weight excluding hydrogens is 416 g/mol. The lowest BCUT2D eigenvalue weighted by Gasteiger charge is -2.40. The molecule has 0 saturated carbocycles. The Hall–Kier alpha value is -2.77. The SMILES string of the molecule is CC(=O)N1c2ccc(N3CCOCC3)cc2C(Nc2ccc(N3CCOCC3)cc2)CC1C. The van der Waals surface area contributed by atoms with Gasteiger partial charge in [-0.2, -0.15) is 0 Å². The molecule has 2 saturated heterocycles. The van der Waals surface area contributed by atoms with Gasteiger partial charge in [-0.25, -0.2) is 0 Å². The normalized spacial score (nSPS) is 23.3. The van der Waals surface area contributed by atoms with E-state index >= 15 is 0 Å². The molecule has 1 amide bonds. The maximum absolute atomic E-state index is 12.5. The standard InChI is InChI=1S/C26H34N4O3/c1-19-17-25(27-21-3-5-22(6-4-21)28-9-13-32-14-10-28)24-18-23(29-11-15-33-16-12-29)7-8-26(24)30(19)20(2)31/h3-8,18-19,25,27H,9-17H2,1-2H3. The second-order valence-corrected chi connectivity index (χ2v) is 9.16. The van der Waals surface area contributed by atoms with E-state index in [-0.39, 0.29) is 18.0 Å². The molecule has 2 aromatic rings. The highest BCUT2D eigenvalue weighted by Gasteiger charge is 2.33. The number of ether oxygens (including phenoxy) is 2. The van der Waals surface area contributed by atoms with E-state index in [2.05, 4.69) is 64.5 Å². The maximum Gasteiger partial charge on any atom is 0.224 e. The van der Waals surface area contributed by atoms with Crippen molar-refractivity contribution in [2.45, 2.75) is 32.4 Å². The second-order valence-electron chi connectivity index (χ2n) is 9.16. The predicted octanol–water partition coefficient (Wildman–Crippen LogP) is 3.66. The summed E-state index contributed by atoms with van der Waals surface area (Å²) in [6, 6.07) is 15.5. The van der Waals surface area contributed by atoms with Gasteiger partial charge in [0, 0.05) is 67.5 Å². The minimum Gasteiger partial charge on any atom is -0.378 e. The largest absolute Gasteiger partial charge is 0.378 e. The average Bonchev–Trinajstić information content (AvgIpc) is 2.85. The molecule has 176 valence electrons. The summed E-state index contributed by atoms with van der Waals surface area (Å²) in [5.41, 5.74) is 5.73. The van der Waals surface area contributed by atoms with Crippen LogP contribution in [0.4, 0.5) is 22.7 Å². The first-order chi connectivity index (χ1) is 16.1. The Bertz CT molecular complexity index is 968. The van der Waals surface area contributed by atoms with Gasteiger partial charge in [0.25, 0.3) is 0 Å². The lowest BCUT2D eigenvalue weighted by molar-refractivity contribution is -0.117. The third-order valence-electron chi connectivity index (χ3n) is 6.96. The van der Waals surface area contributed by atoms with Gasteiger partial charge < -0.3 is 29.5 Å². The number of carbonyl (C=O) groups excluding carboxylic acids is 1. The van der Waals surface area contributed by atoms with Crippen molar-refractivity contribution in [2.75, 3.05) is 72.6 Å². The van der Waals surface area contributed by atoms with Crippen molar-refractivity contribution in [3.05, 3.63) is 48.0 Å². The molecule has 3 aliphatic heterocycles. The molecule has 0 radical (unpaired) electrons. The third kappa shape index (κ3) is 4.66. The average molecular weight is 451 g/mol. The van der Waals surface area contributed by atoms with Crippen molar-refractivity contribution < 1.29 is 14.3 Å². The molecule has 2 aromatic carbocycles. The van der Waals surface area contributed by atoms with Gasteiger partial charge in [-0.1, -0.05) is 0 Å². The minimum absolute atomic E-state index is 0.0937. The molecule has 2 unspecified atom stereocenters. The highest BCUT2D eigenvalue weighted by molar-refractivity contribution is 5.94. The van der Waals surface area contributed by atoms with E-state index in [4.69, 9.17) is 9.47 Å². The molecule has 2 fully saturated rings. The first kappa shape index (κ1) is 22.0. The van der Waals surface area contributed by atoms with Crippen molar-refractivity contribution in [3.63, 3.8) is 0 Å². The van der Waals surface area contributed by atoms with Crippen molar-refractivity contribution in [3.8, 4) is 0 Å². The Morgan fingerprint density at radius 2 is 1.45 bits per heavy atom. The molecule has 5 rings (SSSR count). The van der Waals surface area contributed by atoms with Crippen LogP contribution >= 0.6 is 0 Å². The molecule has 7 nitrogen and oxygen atoms in total. The zero-order chi connectivity index (χ0) is 22.8. The number of carbonyl (C=O) groups is 1. The van der Waals surface area contributed by atoms with Gasteiger partial charge in [-0.15, -0.1) is 0 Å². The van der Waals surface area contributed by atoms with E-state index in [1.54, 1.807) is 6.92 Å². The number of nitrogens with one attached hydrogen (secondary N) is 1. The van der Waals surface area contributed by atoms with Crippen molar-refractivity contribution in [2.24, 2.45) is 0 Å². The fourth-order valence-electron chi connectivity index (χ4n) is 5.28. The van der Waals surface area contributed by atoms with Crippen molar-refractivity contribution in [1.29, 1.82) is 0 Å². The summed E-state index contributed by atoms with van der Waals surface area (Å²) < 4.78 is 11.0. The van der Waals surface area contributed by atoms with Gasteiger partial charge >= 0.3 is 0 Å². The number of morpholine rings is 2. The fourth-order valence-corrected chi connectivity index (χ4v) is 5.28. The number of hydrogen-bond donors (Lipinski definition) is 1. The van der Waals surface area contributed by atoms with E-state index in [9.17, 15) is 4.79 Å². The van der Waals surface area contributed by atoms with E-state index in [0.29, 0.717) is 0 Å². The van der Waals surface area contributed by atoms with E-state index in [0.717, 1.165) is 70.4 Å². The van der Waals surface area contributed by atoms with Crippen LogP contribution in [0, 0.1) is 0 Å². The van der Waals surface area contributed by atoms with E-state index in [1.807, 2.05) is 4.90 Å². The highest BCUT2D eigenvalue weighted by Crippen LogP contribution is 2.41. The summed E-state index contributed by atoms with van der Waals surface area (Å²) in [7, 11) is 0. The molecule has 7 heteroatoms. The molecule has 0 spiro atoms. The smallest absolute Gasteiger partial charge is 0.224 e. The van der Waals surface area contributed by atoms with Gasteiger partial charge in [0.15, 0.2) is 0 Å². The monoisotopic (exact) mass is 450 g/mol. The Labute approximate surface area is 196 Å². The molecule has 0 aromatic heterocycles. The lowest BCUT2D eigenvalue weighted by Crippen LogP contribution is -2.43. The van der Waals surface area contributed by atoms with Crippen LogP contribution in [0.3, 0.4) is 0 Å². The van der Waals surface area contributed by atoms with Gasteiger partial charge in [0.2, 0.25) is 5.91 Å². The Morgan fingerprint density at radius 3 is 2.06 bits per heavy atom. The number of amides is 1. The van der Waals surface area contributed by atoms with Crippen LogP contribution in [0.25, 0.3) is 0 Å².